The molecule has 1 heterocycles. The first-order chi connectivity index (χ1) is 6.11. The molecule has 6 heteroatoms. The van der Waals surface area contributed by atoms with Crippen LogP contribution < -0.4 is 5.73 Å². The van der Waals surface area contributed by atoms with Crippen LogP contribution in [0.1, 0.15) is 0 Å². The smallest absolute Gasteiger partial charge is 0.175 e. The Hall–Kier alpha value is -0.240. The van der Waals surface area contributed by atoms with Gasteiger partial charge < -0.3 is 30.5 Å². The average molecular weight is 193 g/mol. The number of methoxy groups -OCH3 is 1. The Kier molecular flexibility index (Phi) is 3.60. The molecule has 5 N–H and O–H groups in total. The van der Waals surface area contributed by atoms with E-state index in [0.29, 0.717) is 0 Å². The number of aliphatic hydroxyl groups excluding tert-OH is 3. The molecular formula is C7H15NO5. The van der Waals surface area contributed by atoms with Crippen molar-refractivity contribution in [1.82, 2.24) is 0 Å². The van der Waals surface area contributed by atoms with Gasteiger partial charge >= 0.3 is 0 Å². The summed E-state index contributed by atoms with van der Waals surface area (Å²) < 4.78 is 9.90. The van der Waals surface area contributed by atoms with E-state index in [0.717, 1.165) is 0 Å². The summed E-state index contributed by atoms with van der Waals surface area (Å²) >= 11 is 0. The molecule has 1 aliphatic heterocycles. The standard InChI is InChI=1S/C7H15NO5/c1-12-7-4(8)6(11)5(10)3(2-9)13-7/h3-7,9-11H,2,8H2,1H3/t3-,4-,5+,6-,7-/m1/s1. The maximum Gasteiger partial charge on any atom is 0.175 e. The summed E-state index contributed by atoms with van der Waals surface area (Å²) in [6, 6.07) is -0.803. The van der Waals surface area contributed by atoms with Crippen LogP contribution in [-0.2, 0) is 9.47 Å². The van der Waals surface area contributed by atoms with Gasteiger partial charge in [0, 0.05) is 7.11 Å². The van der Waals surface area contributed by atoms with Gasteiger partial charge in [-0.3, -0.25) is 0 Å². The molecule has 0 aromatic rings. The van der Waals surface area contributed by atoms with Gasteiger partial charge in [0.05, 0.1) is 12.6 Å². The van der Waals surface area contributed by atoms with E-state index in [9.17, 15) is 10.2 Å². The van der Waals surface area contributed by atoms with Crippen LogP contribution in [0.2, 0.25) is 0 Å². The molecule has 0 saturated carbocycles. The lowest BCUT2D eigenvalue weighted by Crippen LogP contribution is -2.62. The van der Waals surface area contributed by atoms with E-state index in [1.54, 1.807) is 0 Å². The van der Waals surface area contributed by atoms with Crippen LogP contribution in [0, 0.1) is 0 Å². The summed E-state index contributed by atoms with van der Waals surface area (Å²) in [6.45, 7) is -0.384. The maximum absolute atomic E-state index is 9.40. The first-order valence-corrected chi connectivity index (χ1v) is 4.02. The Bertz CT molecular complexity index is 147. The lowest BCUT2D eigenvalue weighted by Gasteiger charge is -2.39. The zero-order chi connectivity index (χ0) is 10.0. The molecule has 13 heavy (non-hydrogen) atoms. The summed E-state index contributed by atoms with van der Waals surface area (Å²) in [7, 11) is 1.38. The largest absolute Gasteiger partial charge is 0.394 e. The van der Waals surface area contributed by atoms with Crippen molar-refractivity contribution in [3.05, 3.63) is 0 Å². The number of aliphatic hydroxyl groups is 3. The van der Waals surface area contributed by atoms with Gasteiger partial charge in [-0.25, -0.2) is 0 Å². The second-order valence-corrected chi connectivity index (χ2v) is 3.02. The molecule has 1 fully saturated rings. The van der Waals surface area contributed by atoms with Crippen LogP contribution >= 0.6 is 0 Å². The Balaban J connectivity index is 2.66. The number of ether oxygens (including phenoxy) is 2. The average Bonchev–Trinajstić information content (AvgIpc) is 2.15. The predicted octanol–water partition coefficient (Wildman–Crippen LogP) is -2.60. The third kappa shape index (κ3) is 1.98. The minimum Gasteiger partial charge on any atom is -0.394 e. The molecule has 5 atom stereocenters. The van der Waals surface area contributed by atoms with Gasteiger partial charge in [-0.1, -0.05) is 0 Å². The van der Waals surface area contributed by atoms with E-state index in [1.165, 1.54) is 7.11 Å². The Morgan fingerprint density at radius 2 is 2.00 bits per heavy atom. The van der Waals surface area contributed by atoms with Crippen molar-refractivity contribution >= 4 is 0 Å². The van der Waals surface area contributed by atoms with Gasteiger partial charge in [-0.15, -0.1) is 0 Å². The maximum atomic E-state index is 9.40. The molecule has 1 aliphatic rings. The molecule has 1 saturated heterocycles. The number of nitrogens with two attached hydrogens (primary N) is 1. The normalized spacial score (nSPS) is 46.4. The summed E-state index contributed by atoms with van der Waals surface area (Å²) in [5, 5.41) is 27.5. The van der Waals surface area contributed by atoms with Crippen molar-refractivity contribution in [2.45, 2.75) is 30.6 Å². The van der Waals surface area contributed by atoms with Crippen LogP contribution in [0.5, 0.6) is 0 Å². The highest BCUT2D eigenvalue weighted by Crippen LogP contribution is 2.19. The van der Waals surface area contributed by atoms with E-state index < -0.39 is 30.6 Å². The zero-order valence-electron chi connectivity index (χ0n) is 7.33. The van der Waals surface area contributed by atoms with E-state index in [4.69, 9.17) is 20.3 Å². The van der Waals surface area contributed by atoms with E-state index in [-0.39, 0.29) is 6.61 Å². The van der Waals surface area contributed by atoms with Crippen LogP contribution in [0.4, 0.5) is 0 Å². The van der Waals surface area contributed by atoms with Crippen molar-refractivity contribution in [3.8, 4) is 0 Å². The van der Waals surface area contributed by atoms with Crippen molar-refractivity contribution in [1.29, 1.82) is 0 Å². The lowest BCUT2D eigenvalue weighted by atomic mass is 9.98. The molecule has 0 unspecified atom stereocenters. The summed E-state index contributed by atoms with van der Waals surface area (Å²) in [4.78, 5) is 0. The molecular weight excluding hydrogens is 178 g/mol. The second-order valence-electron chi connectivity index (χ2n) is 3.02. The van der Waals surface area contributed by atoms with Crippen LogP contribution in [0.15, 0.2) is 0 Å². The van der Waals surface area contributed by atoms with E-state index in [2.05, 4.69) is 0 Å². The van der Waals surface area contributed by atoms with Crippen LogP contribution in [-0.4, -0.2) is 59.7 Å². The summed E-state index contributed by atoms with van der Waals surface area (Å²) in [6.07, 6.45) is -3.96. The minimum absolute atomic E-state index is 0.384. The first kappa shape index (κ1) is 10.8. The van der Waals surface area contributed by atoms with Gasteiger partial charge in [-0.05, 0) is 0 Å². The SMILES string of the molecule is CO[C@@H]1O[C@H](CO)[C@H](O)[C@H](O)[C@H]1N. The molecule has 0 aromatic heterocycles. The third-order valence-corrected chi connectivity index (χ3v) is 2.16. The fourth-order valence-corrected chi connectivity index (χ4v) is 1.32. The zero-order valence-corrected chi connectivity index (χ0v) is 7.33. The first-order valence-electron chi connectivity index (χ1n) is 4.02. The number of hydrogen-bond donors (Lipinski definition) is 4. The minimum atomic E-state index is -1.17. The summed E-state index contributed by atoms with van der Waals surface area (Å²) in [5.74, 6) is 0. The third-order valence-electron chi connectivity index (χ3n) is 2.16. The highest BCUT2D eigenvalue weighted by molar-refractivity contribution is 4.91. The highest BCUT2D eigenvalue weighted by Gasteiger charge is 2.42. The van der Waals surface area contributed by atoms with Crippen LogP contribution in [0.3, 0.4) is 0 Å². The molecule has 1 rings (SSSR count). The molecule has 0 aliphatic carbocycles. The molecule has 0 bridgehead atoms. The predicted molar refractivity (Wildman–Crippen MR) is 42.7 cm³/mol. The second kappa shape index (κ2) is 4.32. The number of rotatable bonds is 2. The fourth-order valence-electron chi connectivity index (χ4n) is 1.32. The molecule has 0 spiro atoms. The molecule has 0 amide bonds. The van der Waals surface area contributed by atoms with Gasteiger partial charge in [-0.2, -0.15) is 0 Å². The topological polar surface area (TPSA) is 105 Å². The Morgan fingerprint density at radius 3 is 2.46 bits per heavy atom. The van der Waals surface area contributed by atoms with E-state index >= 15 is 0 Å². The van der Waals surface area contributed by atoms with E-state index in [1.807, 2.05) is 0 Å². The monoisotopic (exact) mass is 193 g/mol. The van der Waals surface area contributed by atoms with Crippen molar-refractivity contribution in [2.24, 2.45) is 5.73 Å². The fraction of sp³-hybridized carbons (Fsp3) is 1.00. The van der Waals surface area contributed by atoms with Crippen molar-refractivity contribution in [2.75, 3.05) is 13.7 Å². The Morgan fingerprint density at radius 1 is 1.38 bits per heavy atom. The van der Waals surface area contributed by atoms with Crippen molar-refractivity contribution in [3.63, 3.8) is 0 Å². The quantitative estimate of drug-likeness (QED) is 0.383. The van der Waals surface area contributed by atoms with Gasteiger partial charge in [0.25, 0.3) is 0 Å². The van der Waals surface area contributed by atoms with Gasteiger partial charge in [0.2, 0.25) is 0 Å². The molecule has 0 aromatic carbocycles. The number of hydrogen-bond acceptors (Lipinski definition) is 6. The molecule has 0 radical (unpaired) electrons. The van der Waals surface area contributed by atoms with Gasteiger partial charge in [0.1, 0.15) is 18.3 Å². The highest BCUT2D eigenvalue weighted by atomic mass is 16.7. The molecule has 78 valence electrons. The lowest BCUT2D eigenvalue weighted by molar-refractivity contribution is -0.257. The van der Waals surface area contributed by atoms with Crippen LogP contribution in [0.25, 0.3) is 0 Å². The summed E-state index contributed by atoms with van der Waals surface area (Å²) in [5.41, 5.74) is 5.50. The van der Waals surface area contributed by atoms with Gasteiger partial charge in [0.15, 0.2) is 6.29 Å². The van der Waals surface area contributed by atoms with Crippen molar-refractivity contribution < 1.29 is 24.8 Å². The molecule has 6 nitrogen and oxygen atoms in total. The Labute approximate surface area is 75.9 Å².